The lowest BCUT2D eigenvalue weighted by Crippen LogP contribution is -2.55. The predicted molar refractivity (Wildman–Crippen MR) is 124 cm³/mol. The van der Waals surface area contributed by atoms with Gasteiger partial charge in [0.2, 0.25) is 0 Å². The van der Waals surface area contributed by atoms with Crippen LogP contribution in [0.2, 0.25) is 19.0 Å². The third-order valence-corrected chi connectivity index (χ3v) is 7.67. The van der Waals surface area contributed by atoms with E-state index in [0.717, 1.165) is 54.5 Å². The van der Waals surface area contributed by atoms with E-state index in [-0.39, 0.29) is 18.1 Å². The summed E-state index contributed by atoms with van der Waals surface area (Å²) >= 11 is 0. The summed E-state index contributed by atoms with van der Waals surface area (Å²) in [7, 11) is 0. The molecule has 0 radical (unpaired) electrons. The van der Waals surface area contributed by atoms with E-state index in [1.54, 1.807) is 0 Å². The molecule has 0 aliphatic carbocycles. The maximum absolute atomic E-state index is 12.1. The molecule has 1 unspecified atom stereocenters. The van der Waals surface area contributed by atoms with Gasteiger partial charge in [-0.3, -0.25) is 14.7 Å². The fourth-order valence-electron chi connectivity index (χ4n) is 5.86. The van der Waals surface area contributed by atoms with Crippen LogP contribution < -0.4 is 0 Å². The first kappa shape index (κ1) is 21.4. The van der Waals surface area contributed by atoms with E-state index in [2.05, 4.69) is 29.8 Å². The van der Waals surface area contributed by atoms with Crippen molar-refractivity contribution in [3.63, 3.8) is 0 Å². The Labute approximate surface area is 181 Å². The Balaban J connectivity index is 1.56. The zero-order chi connectivity index (χ0) is 21.1. The van der Waals surface area contributed by atoms with Crippen molar-refractivity contribution < 1.29 is 9.53 Å². The van der Waals surface area contributed by atoms with Gasteiger partial charge in [0.25, 0.3) is 0 Å². The highest BCUT2D eigenvalue weighted by molar-refractivity contribution is 6.58. The molecule has 0 spiro atoms. The van der Waals surface area contributed by atoms with Gasteiger partial charge >= 0.3 is 5.97 Å². The van der Waals surface area contributed by atoms with Gasteiger partial charge in [-0.25, -0.2) is 0 Å². The first-order chi connectivity index (χ1) is 14.6. The van der Waals surface area contributed by atoms with E-state index in [1.807, 2.05) is 30.5 Å². The first-order valence-electron chi connectivity index (χ1n) is 11.9. The number of piperidine rings is 3. The van der Waals surface area contributed by atoms with E-state index in [4.69, 9.17) is 4.74 Å². The number of aromatic nitrogens is 1. The Kier molecular flexibility index (Phi) is 6.77. The molecular formula is C25H35BN2O2. The average molecular weight is 406 g/mol. The molecule has 3 saturated heterocycles. The molecular weight excluding hydrogens is 371 g/mol. The average Bonchev–Trinajstić information content (AvgIpc) is 2.78. The van der Waals surface area contributed by atoms with Crippen LogP contribution in [0, 0.1) is 11.8 Å². The molecule has 3 aliphatic heterocycles. The number of carbonyl (C=O) groups is 1. The number of benzene rings is 1. The molecule has 5 rings (SSSR count). The smallest absolute Gasteiger partial charge is 0.303 e. The number of hydrogen-bond acceptors (Lipinski definition) is 4. The Morgan fingerprint density at radius 2 is 2.07 bits per heavy atom. The maximum atomic E-state index is 12.1. The number of rotatable bonds is 8. The van der Waals surface area contributed by atoms with Crippen molar-refractivity contribution in [1.29, 1.82) is 0 Å². The number of ether oxygens (including phenoxy) is 1. The first-order valence-corrected chi connectivity index (χ1v) is 11.9. The highest BCUT2D eigenvalue weighted by Crippen LogP contribution is 2.44. The number of nitrogens with zero attached hydrogens (tertiary/aromatic N) is 2. The van der Waals surface area contributed by atoms with E-state index >= 15 is 0 Å². The van der Waals surface area contributed by atoms with E-state index in [1.165, 1.54) is 38.7 Å². The minimum absolute atomic E-state index is 0.200. The fraction of sp³-hybridized carbons (Fsp3) is 0.600. The normalized spacial score (nSPS) is 26.5. The van der Waals surface area contributed by atoms with Crippen molar-refractivity contribution in [3.05, 3.63) is 42.1 Å². The van der Waals surface area contributed by atoms with E-state index in [9.17, 15) is 4.79 Å². The van der Waals surface area contributed by atoms with Crippen LogP contribution in [0.25, 0.3) is 10.9 Å². The number of para-hydroxylation sites is 1. The summed E-state index contributed by atoms with van der Waals surface area (Å²) in [6.45, 7) is 9.32. The van der Waals surface area contributed by atoms with Crippen LogP contribution in [0.5, 0.6) is 0 Å². The van der Waals surface area contributed by atoms with E-state index < -0.39 is 0 Å². The van der Waals surface area contributed by atoms with Gasteiger partial charge in [0.15, 0.2) is 0 Å². The third-order valence-electron chi connectivity index (χ3n) is 7.67. The molecule has 4 nitrogen and oxygen atoms in total. The molecule has 160 valence electrons. The summed E-state index contributed by atoms with van der Waals surface area (Å²) < 4.78 is 6.00. The molecule has 1 aromatic carbocycles. The Morgan fingerprint density at radius 1 is 1.27 bits per heavy atom. The second kappa shape index (κ2) is 9.51. The lowest BCUT2D eigenvalue weighted by Gasteiger charge is -2.52. The van der Waals surface area contributed by atoms with Crippen LogP contribution in [-0.2, 0) is 9.53 Å². The van der Waals surface area contributed by atoms with Crippen LogP contribution in [0.1, 0.15) is 51.7 Å². The molecule has 3 aliphatic rings. The number of fused-ring (bicyclic) bond motifs is 4. The number of hydrogen-bond donors (Lipinski definition) is 0. The Bertz CT molecular complexity index is 864. The number of carbonyl (C=O) groups excluding carboxylic acids is 1. The lowest BCUT2D eigenvalue weighted by atomic mass is 9.42. The van der Waals surface area contributed by atoms with Crippen molar-refractivity contribution >= 4 is 23.6 Å². The molecule has 5 heteroatoms. The number of pyridine rings is 1. The molecule has 0 saturated carbocycles. The minimum Gasteiger partial charge on any atom is -0.456 e. The van der Waals surface area contributed by atoms with Gasteiger partial charge in [-0.15, -0.1) is 0 Å². The largest absolute Gasteiger partial charge is 0.456 e. The van der Waals surface area contributed by atoms with Crippen LogP contribution in [-0.4, -0.2) is 41.7 Å². The van der Waals surface area contributed by atoms with Crippen molar-refractivity contribution in [1.82, 2.24) is 9.88 Å². The molecule has 0 N–H and O–H groups in total. The van der Waals surface area contributed by atoms with Gasteiger partial charge in [0.1, 0.15) is 12.8 Å². The molecule has 2 bridgehead atoms. The van der Waals surface area contributed by atoms with Crippen molar-refractivity contribution in [2.24, 2.45) is 11.8 Å². The highest BCUT2D eigenvalue weighted by Gasteiger charge is 2.44. The monoisotopic (exact) mass is 406 g/mol. The van der Waals surface area contributed by atoms with Crippen molar-refractivity contribution in [2.75, 3.05) is 13.1 Å². The molecule has 5 atom stereocenters. The fourth-order valence-corrected chi connectivity index (χ4v) is 5.86. The standard InChI is InChI=1S/C25H35BN2O2/c1-4-26(5-2)13-10-20-17-28-15-12-19(20)16-24(28)25(30-18(3)29)22-11-14-27-23-9-7-6-8-21(22)23/h6-9,11,14,19-20,24-25H,4-5,10,12-13,15-17H2,1-3H3/t19-,20+,24+,25+/m0/s1. The van der Waals surface area contributed by atoms with Crippen LogP contribution in [0.15, 0.2) is 36.5 Å². The van der Waals surface area contributed by atoms with E-state index in [0.29, 0.717) is 0 Å². The third kappa shape index (κ3) is 4.41. The summed E-state index contributed by atoms with van der Waals surface area (Å²) in [5.41, 5.74) is 2.06. The maximum Gasteiger partial charge on any atom is 0.303 e. The summed E-state index contributed by atoms with van der Waals surface area (Å²) in [4.78, 5) is 19.2. The van der Waals surface area contributed by atoms with Gasteiger partial charge in [-0.05, 0) is 43.4 Å². The van der Waals surface area contributed by atoms with Crippen LogP contribution in [0.3, 0.4) is 0 Å². The number of esters is 1. The van der Waals surface area contributed by atoms with Gasteiger partial charge in [0, 0.05) is 30.6 Å². The summed E-state index contributed by atoms with van der Waals surface area (Å²) in [6, 6.07) is 10.5. The SMILES string of the molecule is CCB(CC)CC[C@@H]1CN2CC[C@H]1C[C@@H]2[C@H](OC(C)=O)c1ccnc2ccccc12. The second-order valence-electron chi connectivity index (χ2n) is 9.31. The Hall–Kier alpha value is -1.88. The van der Waals surface area contributed by atoms with Gasteiger partial charge in [-0.2, -0.15) is 0 Å². The lowest BCUT2D eigenvalue weighted by molar-refractivity contribution is -0.155. The van der Waals surface area contributed by atoms with Crippen molar-refractivity contribution in [3.8, 4) is 0 Å². The molecule has 4 heterocycles. The van der Waals surface area contributed by atoms with Gasteiger partial charge in [-0.1, -0.05) is 57.4 Å². The summed E-state index contributed by atoms with van der Waals surface area (Å²) in [5, 5.41) is 1.10. The second-order valence-corrected chi connectivity index (χ2v) is 9.31. The zero-order valence-corrected chi connectivity index (χ0v) is 18.7. The molecule has 30 heavy (non-hydrogen) atoms. The van der Waals surface area contributed by atoms with Crippen LogP contribution in [0.4, 0.5) is 0 Å². The Morgan fingerprint density at radius 3 is 2.77 bits per heavy atom. The van der Waals surface area contributed by atoms with Gasteiger partial charge < -0.3 is 4.74 Å². The quantitative estimate of drug-likeness (QED) is 0.430. The van der Waals surface area contributed by atoms with Crippen LogP contribution >= 0.6 is 0 Å². The zero-order valence-electron chi connectivity index (χ0n) is 18.7. The molecule has 1 aromatic heterocycles. The molecule has 2 aromatic rings. The summed E-state index contributed by atoms with van der Waals surface area (Å²) in [6.07, 6.45) is 9.33. The summed E-state index contributed by atoms with van der Waals surface area (Å²) in [5.74, 6) is 1.34. The molecule has 0 amide bonds. The minimum atomic E-state index is -0.224. The molecule has 3 fully saturated rings. The van der Waals surface area contributed by atoms with Crippen molar-refractivity contribution in [2.45, 2.75) is 71.1 Å². The highest BCUT2D eigenvalue weighted by atomic mass is 16.5. The predicted octanol–water partition coefficient (Wildman–Crippen LogP) is 5.47. The topological polar surface area (TPSA) is 42.4 Å². The van der Waals surface area contributed by atoms with Gasteiger partial charge in [0.05, 0.1) is 11.6 Å².